The van der Waals surface area contributed by atoms with Gasteiger partial charge < -0.3 is 5.11 Å². The van der Waals surface area contributed by atoms with Gasteiger partial charge in [0, 0.05) is 9.64 Å². The van der Waals surface area contributed by atoms with Crippen LogP contribution in [-0.4, -0.2) is 9.85 Å². The predicted octanol–water partition coefficient (Wildman–Crippen LogP) is 5.24. The molecule has 15 heavy (non-hydrogen) atoms. The van der Waals surface area contributed by atoms with Crippen molar-refractivity contribution in [2.75, 3.05) is 0 Å². The Labute approximate surface area is 109 Å². The molecule has 0 aliphatic rings. The molecule has 0 heterocycles. The van der Waals surface area contributed by atoms with E-state index in [9.17, 15) is 5.11 Å². The van der Waals surface area contributed by atoms with Crippen molar-refractivity contribution in [2.24, 2.45) is 0 Å². The van der Waals surface area contributed by atoms with E-state index in [-0.39, 0.29) is 20.5 Å². The topological polar surface area (TPSA) is 20.2 Å². The van der Waals surface area contributed by atoms with E-state index in [1.165, 1.54) is 0 Å². The second-order valence-electron chi connectivity index (χ2n) is 4.05. The van der Waals surface area contributed by atoms with Gasteiger partial charge in [-0.1, -0.05) is 55.6 Å². The number of aromatic hydroxyl groups is 1. The SMILES string of the molecule is CC(C)(C)Sc1cc(Cl)c(O)c(Cl)c1Cl. The Bertz CT molecular complexity index is 385. The fourth-order valence-electron chi connectivity index (χ4n) is 0.968. The minimum atomic E-state index is -0.165. The van der Waals surface area contributed by atoms with E-state index in [1.54, 1.807) is 17.8 Å². The van der Waals surface area contributed by atoms with Gasteiger partial charge in [0.25, 0.3) is 0 Å². The molecule has 0 unspecified atom stereocenters. The lowest BCUT2D eigenvalue weighted by Gasteiger charge is -2.19. The molecule has 0 aliphatic heterocycles. The van der Waals surface area contributed by atoms with E-state index in [4.69, 9.17) is 34.8 Å². The summed E-state index contributed by atoms with van der Waals surface area (Å²) in [5.41, 5.74) is 0. The average Bonchev–Trinajstić information content (AvgIpc) is 2.08. The summed E-state index contributed by atoms with van der Waals surface area (Å²) in [6.07, 6.45) is 0. The highest BCUT2D eigenvalue weighted by atomic mass is 35.5. The highest BCUT2D eigenvalue weighted by Crippen LogP contribution is 2.46. The van der Waals surface area contributed by atoms with E-state index in [0.717, 1.165) is 4.90 Å². The molecule has 1 aromatic rings. The van der Waals surface area contributed by atoms with Gasteiger partial charge in [-0.05, 0) is 6.07 Å². The average molecular weight is 286 g/mol. The van der Waals surface area contributed by atoms with Gasteiger partial charge in [0.05, 0.1) is 10.0 Å². The smallest absolute Gasteiger partial charge is 0.154 e. The Kier molecular flexibility index (Phi) is 4.10. The highest BCUT2D eigenvalue weighted by Gasteiger charge is 2.19. The maximum Gasteiger partial charge on any atom is 0.154 e. The van der Waals surface area contributed by atoms with Crippen LogP contribution in [0.25, 0.3) is 0 Å². The Morgan fingerprint density at radius 2 is 1.67 bits per heavy atom. The third kappa shape index (κ3) is 3.35. The minimum absolute atomic E-state index is 0.00721. The number of phenolic OH excluding ortho intramolecular Hbond substituents is 1. The Morgan fingerprint density at radius 3 is 2.13 bits per heavy atom. The van der Waals surface area contributed by atoms with Gasteiger partial charge in [0.2, 0.25) is 0 Å². The maximum atomic E-state index is 9.45. The van der Waals surface area contributed by atoms with Gasteiger partial charge in [-0.25, -0.2) is 0 Å². The van der Waals surface area contributed by atoms with Gasteiger partial charge in [-0.15, -0.1) is 11.8 Å². The van der Waals surface area contributed by atoms with Crippen LogP contribution in [0.5, 0.6) is 5.75 Å². The first-order valence-corrected chi connectivity index (χ1v) is 6.23. The fraction of sp³-hybridized carbons (Fsp3) is 0.400. The number of phenols is 1. The molecule has 0 spiro atoms. The summed E-state index contributed by atoms with van der Waals surface area (Å²) in [6, 6.07) is 1.63. The molecule has 1 rings (SSSR count). The molecular formula is C10H11Cl3OS. The van der Waals surface area contributed by atoms with Crippen LogP contribution in [0.4, 0.5) is 0 Å². The number of hydrogen-bond donors (Lipinski definition) is 1. The Hall–Kier alpha value is 0.240. The van der Waals surface area contributed by atoms with Crippen LogP contribution >= 0.6 is 46.6 Å². The molecular weight excluding hydrogens is 275 g/mol. The quantitative estimate of drug-likeness (QED) is 0.562. The van der Waals surface area contributed by atoms with Crippen LogP contribution in [0.2, 0.25) is 15.1 Å². The third-order valence-electron chi connectivity index (χ3n) is 1.52. The van der Waals surface area contributed by atoms with Gasteiger partial charge in [0.1, 0.15) is 5.02 Å². The minimum Gasteiger partial charge on any atom is -0.505 e. The van der Waals surface area contributed by atoms with Crippen molar-refractivity contribution in [2.45, 2.75) is 30.4 Å². The van der Waals surface area contributed by atoms with Crippen molar-refractivity contribution >= 4 is 46.6 Å². The first-order chi connectivity index (χ1) is 6.72. The lowest BCUT2D eigenvalue weighted by molar-refractivity contribution is 0.475. The van der Waals surface area contributed by atoms with Gasteiger partial charge >= 0.3 is 0 Å². The number of halogens is 3. The number of hydrogen-bond acceptors (Lipinski definition) is 2. The van der Waals surface area contributed by atoms with Crippen molar-refractivity contribution in [1.82, 2.24) is 0 Å². The molecule has 1 N–H and O–H groups in total. The standard InChI is InChI=1S/C10H11Cl3OS/c1-10(2,3)15-6-4-5(11)9(14)8(13)7(6)12/h4,14H,1-3H3. The lowest BCUT2D eigenvalue weighted by Crippen LogP contribution is -2.06. The van der Waals surface area contributed by atoms with Crippen LogP contribution in [0, 0.1) is 0 Å². The third-order valence-corrected chi connectivity index (χ3v) is 3.93. The summed E-state index contributed by atoms with van der Waals surface area (Å²) in [6.45, 7) is 6.17. The van der Waals surface area contributed by atoms with Crippen molar-refractivity contribution < 1.29 is 5.11 Å². The van der Waals surface area contributed by atoms with Crippen LogP contribution in [-0.2, 0) is 0 Å². The molecule has 0 saturated heterocycles. The molecule has 0 radical (unpaired) electrons. The first-order valence-electron chi connectivity index (χ1n) is 4.28. The van der Waals surface area contributed by atoms with E-state index < -0.39 is 0 Å². The van der Waals surface area contributed by atoms with Gasteiger partial charge in [0.15, 0.2) is 5.75 Å². The van der Waals surface area contributed by atoms with Crippen LogP contribution in [0.3, 0.4) is 0 Å². The summed E-state index contributed by atoms with van der Waals surface area (Å²) >= 11 is 19.2. The Morgan fingerprint density at radius 1 is 1.13 bits per heavy atom. The summed E-state index contributed by atoms with van der Waals surface area (Å²) < 4.78 is 0.00721. The molecule has 1 aromatic carbocycles. The molecule has 84 valence electrons. The summed E-state index contributed by atoms with van der Waals surface area (Å²) in [5, 5.41) is 10.1. The van der Waals surface area contributed by atoms with E-state index in [2.05, 4.69) is 20.8 Å². The number of rotatable bonds is 1. The second-order valence-corrected chi connectivity index (χ2v) is 7.08. The maximum absolute atomic E-state index is 9.45. The van der Waals surface area contributed by atoms with E-state index in [0.29, 0.717) is 5.02 Å². The largest absolute Gasteiger partial charge is 0.505 e. The van der Waals surface area contributed by atoms with Crippen molar-refractivity contribution in [3.8, 4) is 5.75 Å². The van der Waals surface area contributed by atoms with E-state index in [1.807, 2.05) is 0 Å². The Balaban J connectivity index is 3.21. The van der Waals surface area contributed by atoms with Crippen molar-refractivity contribution in [3.63, 3.8) is 0 Å². The molecule has 0 atom stereocenters. The summed E-state index contributed by atoms with van der Waals surface area (Å²) in [5.74, 6) is -0.165. The molecule has 5 heteroatoms. The summed E-state index contributed by atoms with van der Waals surface area (Å²) in [4.78, 5) is 0.775. The zero-order valence-electron chi connectivity index (χ0n) is 8.57. The fourth-order valence-corrected chi connectivity index (χ4v) is 2.83. The van der Waals surface area contributed by atoms with Crippen molar-refractivity contribution in [3.05, 3.63) is 21.1 Å². The number of benzene rings is 1. The number of thioether (sulfide) groups is 1. The van der Waals surface area contributed by atoms with Crippen LogP contribution < -0.4 is 0 Å². The predicted molar refractivity (Wildman–Crippen MR) is 68.7 cm³/mol. The van der Waals surface area contributed by atoms with Gasteiger partial charge in [-0.2, -0.15) is 0 Å². The van der Waals surface area contributed by atoms with Crippen LogP contribution in [0.1, 0.15) is 20.8 Å². The van der Waals surface area contributed by atoms with Crippen LogP contribution in [0.15, 0.2) is 11.0 Å². The highest BCUT2D eigenvalue weighted by molar-refractivity contribution is 8.00. The summed E-state index contributed by atoms with van der Waals surface area (Å²) in [7, 11) is 0. The van der Waals surface area contributed by atoms with Crippen molar-refractivity contribution in [1.29, 1.82) is 0 Å². The molecule has 1 nitrogen and oxygen atoms in total. The molecule has 0 aromatic heterocycles. The normalized spacial score (nSPS) is 11.9. The molecule has 0 amide bonds. The molecule has 0 fully saturated rings. The lowest BCUT2D eigenvalue weighted by atomic mass is 10.3. The monoisotopic (exact) mass is 284 g/mol. The first kappa shape index (κ1) is 13.3. The zero-order chi connectivity index (χ0) is 11.8. The molecule has 0 saturated carbocycles. The van der Waals surface area contributed by atoms with E-state index >= 15 is 0 Å². The molecule has 0 bridgehead atoms. The second kappa shape index (κ2) is 4.62. The zero-order valence-corrected chi connectivity index (χ0v) is 11.7. The molecule has 0 aliphatic carbocycles. The van der Waals surface area contributed by atoms with Gasteiger partial charge in [-0.3, -0.25) is 0 Å².